The van der Waals surface area contributed by atoms with Crippen LogP contribution in [0.3, 0.4) is 0 Å². The van der Waals surface area contributed by atoms with Crippen molar-refractivity contribution in [2.24, 2.45) is 5.73 Å². The van der Waals surface area contributed by atoms with E-state index in [9.17, 15) is 9.18 Å². The van der Waals surface area contributed by atoms with E-state index in [0.717, 1.165) is 0 Å². The molecule has 0 heterocycles. The highest BCUT2D eigenvalue weighted by Crippen LogP contribution is 1.89. The Morgan fingerprint density at radius 2 is 2.06 bits per heavy atom. The van der Waals surface area contributed by atoms with E-state index >= 15 is 0 Å². The molecule has 16 heavy (non-hydrogen) atoms. The van der Waals surface area contributed by atoms with Gasteiger partial charge < -0.3 is 16.2 Å². The molecular formula is C8H16Cl2FN3O2. The molecule has 0 rings (SSSR count). The zero-order valence-electron chi connectivity index (χ0n) is 8.48. The summed E-state index contributed by atoms with van der Waals surface area (Å²) < 4.78 is 11.7. The van der Waals surface area contributed by atoms with Crippen molar-refractivity contribution in [3.05, 3.63) is 12.2 Å². The molecule has 8 heteroatoms. The van der Waals surface area contributed by atoms with Gasteiger partial charge in [0.05, 0.1) is 0 Å². The van der Waals surface area contributed by atoms with Gasteiger partial charge in [-0.1, -0.05) is 12.2 Å². The number of nitrogens with one attached hydrogen (secondary N) is 2. The van der Waals surface area contributed by atoms with E-state index in [1.54, 1.807) is 12.2 Å². The third-order valence-electron chi connectivity index (χ3n) is 1.44. The minimum absolute atomic E-state index is 0. The molecule has 0 aromatic rings. The summed E-state index contributed by atoms with van der Waals surface area (Å²) in [5.74, 6) is -1.25. The van der Waals surface area contributed by atoms with Crippen molar-refractivity contribution in [1.82, 2.24) is 5.32 Å². The van der Waals surface area contributed by atoms with Crippen molar-refractivity contribution in [1.29, 1.82) is 5.41 Å². The molecule has 1 unspecified atom stereocenters. The quantitative estimate of drug-likeness (QED) is 0.326. The van der Waals surface area contributed by atoms with Crippen LogP contribution in [0.4, 0.5) is 4.39 Å². The molecule has 0 saturated carbocycles. The van der Waals surface area contributed by atoms with Gasteiger partial charge >= 0.3 is 5.97 Å². The second kappa shape index (κ2) is 12.2. The Balaban J connectivity index is -0.000000845. The van der Waals surface area contributed by atoms with Crippen LogP contribution in [-0.4, -0.2) is 36.2 Å². The molecule has 5 N–H and O–H groups in total. The zero-order valence-corrected chi connectivity index (χ0v) is 10.1. The molecule has 0 aromatic heterocycles. The van der Waals surface area contributed by atoms with Gasteiger partial charge in [-0.15, -0.1) is 24.8 Å². The summed E-state index contributed by atoms with van der Waals surface area (Å²) in [6, 6.07) is -0.910. The van der Waals surface area contributed by atoms with Crippen molar-refractivity contribution in [2.75, 3.05) is 13.2 Å². The molecule has 0 radical (unpaired) electrons. The molecule has 0 fully saturated rings. The molecule has 0 saturated heterocycles. The highest BCUT2D eigenvalue weighted by atomic mass is 35.5. The van der Waals surface area contributed by atoms with Crippen LogP contribution in [0.15, 0.2) is 12.2 Å². The predicted molar refractivity (Wildman–Crippen MR) is 65.6 cm³/mol. The summed E-state index contributed by atoms with van der Waals surface area (Å²) in [5.41, 5.74) is 5.21. The van der Waals surface area contributed by atoms with E-state index in [1.165, 1.54) is 0 Å². The standard InChI is InChI=1S/C8H14FN3O2.2ClH/c9-5-7(11)12-4-2-1-3-6(10)8(13)14;;/h1-2,6H,3-5,10H2,(H2,11,12)(H,13,14);2*1H/b2-1+;;. The van der Waals surface area contributed by atoms with Gasteiger partial charge in [0.1, 0.15) is 18.6 Å². The highest BCUT2D eigenvalue weighted by molar-refractivity contribution is 5.85. The van der Waals surface area contributed by atoms with Crippen LogP contribution in [0.25, 0.3) is 0 Å². The number of amidine groups is 1. The average molecular weight is 276 g/mol. The van der Waals surface area contributed by atoms with E-state index in [2.05, 4.69) is 5.32 Å². The normalized spacial score (nSPS) is 11.1. The summed E-state index contributed by atoms with van der Waals surface area (Å²) in [6.45, 7) is -0.530. The van der Waals surface area contributed by atoms with E-state index in [-0.39, 0.29) is 37.1 Å². The van der Waals surface area contributed by atoms with Crippen LogP contribution < -0.4 is 11.1 Å². The van der Waals surface area contributed by atoms with Gasteiger partial charge in [0.2, 0.25) is 0 Å². The van der Waals surface area contributed by atoms with Crippen LogP contribution in [-0.2, 0) is 4.79 Å². The molecule has 0 aliphatic heterocycles. The Kier molecular flexibility index (Phi) is 15.7. The van der Waals surface area contributed by atoms with E-state index < -0.39 is 18.7 Å². The Bertz CT molecular complexity index is 239. The number of nitrogens with two attached hydrogens (primary N) is 1. The largest absolute Gasteiger partial charge is 0.480 e. The lowest BCUT2D eigenvalue weighted by atomic mass is 10.2. The number of hydrogen-bond donors (Lipinski definition) is 4. The first-order chi connectivity index (χ1) is 6.57. The van der Waals surface area contributed by atoms with Crippen molar-refractivity contribution in [2.45, 2.75) is 12.5 Å². The maximum atomic E-state index is 11.7. The number of carboxylic acid groups (broad SMARTS) is 1. The van der Waals surface area contributed by atoms with Gasteiger partial charge in [0.15, 0.2) is 0 Å². The van der Waals surface area contributed by atoms with Crippen LogP contribution in [0, 0.1) is 5.41 Å². The van der Waals surface area contributed by atoms with Gasteiger partial charge in [-0.05, 0) is 6.42 Å². The fourth-order valence-electron chi connectivity index (χ4n) is 0.656. The van der Waals surface area contributed by atoms with E-state index in [0.29, 0.717) is 6.54 Å². The molecule has 96 valence electrons. The Labute approximate surface area is 106 Å². The van der Waals surface area contributed by atoms with Gasteiger partial charge in [0.25, 0.3) is 0 Å². The maximum absolute atomic E-state index is 11.7. The molecule has 0 aliphatic carbocycles. The fraction of sp³-hybridized carbons (Fsp3) is 0.500. The van der Waals surface area contributed by atoms with E-state index in [1.807, 2.05) is 0 Å². The lowest BCUT2D eigenvalue weighted by Gasteiger charge is -2.01. The lowest BCUT2D eigenvalue weighted by Crippen LogP contribution is -2.29. The second-order valence-electron chi connectivity index (χ2n) is 2.64. The first kappa shape index (κ1) is 20.5. The first-order valence-electron chi connectivity index (χ1n) is 4.08. The van der Waals surface area contributed by atoms with Gasteiger partial charge in [-0.25, -0.2) is 4.39 Å². The number of carbonyl (C=O) groups is 1. The molecular weight excluding hydrogens is 260 g/mol. The topological polar surface area (TPSA) is 99.2 Å². The summed E-state index contributed by atoms with van der Waals surface area (Å²) in [5, 5.41) is 17.8. The molecule has 5 nitrogen and oxygen atoms in total. The number of halogens is 3. The predicted octanol–water partition coefficient (Wildman–Crippen LogP) is 0.725. The summed E-state index contributed by atoms with van der Waals surface area (Å²) in [4.78, 5) is 10.3. The van der Waals surface area contributed by atoms with Crippen LogP contribution >= 0.6 is 24.8 Å². The Morgan fingerprint density at radius 1 is 1.50 bits per heavy atom. The van der Waals surface area contributed by atoms with E-state index in [4.69, 9.17) is 16.2 Å². The number of carboxylic acids is 1. The molecule has 0 spiro atoms. The van der Waals surface area contributed by atoms with Crippen LogP contribution in [0.5, 0.6) is 0 Å². The number of hydrogen-bond acceptors (Lipinski definition) is 3. The SMILES string of the molecule is Cl.Cl.N=C(CF)NC/C=C/CC(N)C(=O)O. The number of rotatable bonds is 6. The van der Waals surface area contributed by atoms with Gasteiger partial charge in [0, 0.05) is 6.54 Å². The van der Waals surface area contributed by atoms with Crippen LogP contribution in [0.2, 0.25) is 0 Å². The summed E-state index contributed by atoms with van der Waals surface area (Å²) in [7, 11) is 0. The molecule has 0 aliphatic rings. The molecule has 0 aromatic carbocycles. The molecule has 0 amide bonds. The van der Waals surface area contributed by atoms with Crippen LogP contribution in [0.1, 0.15) is 6.42 Å². The van der Waals surface area contributed by atoms with Gasteiger partial charge in [-0.2, -0.15) is 0 Å². The summed E-state index contributed by atoms with van der Waals surface area (Å²) >= 11 is 0. The Hall–Kier alpha value is -0.850. The Morgan fingerprint density at radius 3 is 2.50 bits per heavy atom. The molecule has 1 atom stereocenters. The molecule has 0 bridgehead atoms. The van der Waals surface area contributed by atoms with Crippen molar-refractivity contribution in [3.63, 3.8) is 0 Å². The number of alkyl halides is 1. The average Bonchev–Trinajstić information content (AvgIpc) is 2.16. The zero-order chi connectivity index (χ0) is 11.0. The van der Waals surface area contributed by atoms with Crippen molar-refractivity contribution < 1.29 is 14.3 Å². The minimum Gasteiger partial charge on any atom is -0.480 e. The van der Waals surface area contributed by atoms with Gasteiger partial charge in [-0.3, -0.25) is 10.2 Å². The number of aliphatic carboxylic acids is 1. The summed E-state index contributed by atoms with van der Waals surface area (Å²) in [6.07, 6.45) is 3.41. The third kappa shape index (κ3) is 11.2. The highest BCUT2D eigenvalue weighted by Gasteiger charge is 2.07. The smallest absolute Gasteiger partial charge is 0.320 e. The maximum Gasteiger partial charge on any atom is 0.320 e. The van der Waals surface area contributed by atoms with Crippen molar-refractivity contribution in [3.8, 4) is 0 Å². The second-order valence-corrected chi connectivity index (χ2v) is 2.64. The van der Waals surface area contributed by atoms with Crippen molar-refractivity contribution >= 4 is 36.6 Å². The lowest BCUT2D eigenvalue weighted by molar-refractivity contribution is -0.138. The monoisotopic (exact) mass is 275 g/mol. The first-order valence-corrected chi connectivity index (χ1v) is 4.08. The third-order valence-corrected chi connectivity index (χ3v) is 1.44. The minimum atomic E-state index is -1.06. The fourth-order valence-corrected chi connectivity index (χ4v) is 0.656.